The third kappa shape index (κ3) is 4.11. The average Bonchev–Trinajstić information content (AvgIpc) is 3.16. The van der Waals surface area contributed by atoms with Gasteiger partial charge in [0.15, 0.2) is 0 Å². The van der Waals surface area contributed by atoms with E-state index in [2.05, 4.69) is 15.6 Å². The lowest BCUT2D eigenvalue weighted by Crippen LogP contribution is -2.47. The molecule has 1 aliphatic rings. The molecule has 3 atom stereocenters. The van der Waals surface area contributed by atoms with Crippen molar-refractivity contribution in [3.63, 3.8) is 0 Å². The Labute approximate surface area is 142 Å². The Morgan fingerprint density at radius 3 is 2.50 bits per heavy atom. The zero-order valence-corrected chi connectivity index (χ0v) is 13.8. The molecule has 3 rings (SSSR count). The number of benzene rings is 1. The van der Waals surface area contributed by atoms with Crippen molar-refractivity contribution in [2.45, 2.75) is 38.0 Å². The van der Waals surface area contributed by atoms with Gasteiger partial charge in [-0.05, 0) is 43.0 Å². The lowest BCUT2D eigenvalue weighted by Gasteiger charge is -2.24. The molecule has 126 valence electrons. The third-order valence-electron chi connectivity index (χ3n) is 4.33. The monoisotopic (exact) mass is 325 g/mol. The maximum Gasteiger partial charge on any atom is 0.315 e. The van der Waals surface area contributed by atoms with Gasteiger partial charge < -0.3 is 15.4 Å². The van der Waals surface area contributed by atoms with Gasteiger partial charge in [-0.2, -0.15) is 0 Å². The summed E-state index contributed by atoms with van der Waals surface area (Å²) >= 11 is 0. The zero-order chi connectivity index (χ0) is 16.8. The Balaban J connectivity index is 1.71. The number of rotatable bonds is 5. The van der Waals surface area contributed by atoms with Crippen LogP contribution < -0.4 is 10.6 Å². The molecule has 0 radical (unpaired) electrons. The van der Waals surface area contributed by atoms with Gasteiger partial charge in [-0.3, -0.25) is 4.98 Å². The lowest BCUT2D eigenvalue weighted by atomic mass is 10.00. The van der Waals surface area contributed by atoms with Gasteiger partial charge in [0.05, 0.1) is 18.2 Å². The average molecular weight is 325 g/mol. The molecule has 2 heterocycles. The minimum absolute atomic E-state index is 0.0126. The van der Waals surface area contributed by atoms with E-state index in [0.29, 0.717) is 0 Å². The van der Waals surface area contributed by atoms with E-state index in [0.717, 1.165) is 30.6 Å². The second kappa shape index (κ2) is 7.93. The van der Waals surface area contributed by atoms with Crippen molar-refractivity contribution in [2.24, 2.45) is 0 Å². The first-order valence-electron chi connectivity index (χ1n) is 8.37. The van der Waals surface area contributed by atoms with Gasteiger partial charge >= 0.3 is 6.03 Å². The molecule has 24 heavy (non-hydrogen) atoms. The van der Waals surface area contributed by atoms with Gasteiger partial charge in [0.25, 0.3) is 0 Å². The molecule has 0 unspecified atom stereocenters. The Hall–Kier alpha value is -2.40. The van der Waals surface area contributed by atoms with Crippen molar-refractivity contribution in [2.75, 3.05) is 6.61 Å². The highest BCUT2D eigenvalue weighted by molar-refractivity contribution is 5.75. The van der Waals surface area contributed by atoms with E-state index in [4.69, 9.17) is 4.74 Å². The van der Waals surface area contributed by atoms with E-state index in [9.17, 15) is 4.79 Å². The molecule has 2 N–H and O–H groups in total. The van der Waals surface area contributed by atoms with Gasteiger partial charge in [-0.25, -0.2) is 4.79 Å². The summed E-state index contributed by atoms with van der Waals surface area (Å²) in [6.07, 6.45) is 5.63. The first kappa shape index (κ1) is 16.5. The molecule has 1 aliphatic heterocycles. The second-order valence-electron chi connectivity index (χ2n) is 6.08. The minimum Gasteiger partial charge on any atom is -0.376 e. The Kier molecular flexibility index (Phi) is 5.43. The SMILES string of the molecule is C[C@H](NC(=O)N[C@@H](c1ccccc1)c1ccncc1)[C@@H]1CCCO1. The number of hydrogen-bond donors (Lipinski definition) is 2. The standard InChI is InChI=1S/C19H23N3O2/c1-14(17-8-5-13-24-17)21-19(23)22-18(15-6-3-2-4-7-15)16-9-11-20-12-10-16/h2-4,6-7,9-12,14,17-18H,5,8,13H2,1H3,(H2,21,22,23)/t14-,17-,18-/m0/s1. The molecule has 5 nitrogen and oxygen atoms in total. The maximum absolute atomic E-state index is 12.5. The fourth-order valence-corrected chi connectivity index (χ4v) is 3.03. The number of nitrogens with one attached hydrogen (secondary N) is 2. The van der Waals surface area contributed by atoms with Crippen LogP contribution in [-0.2, 0) is 4.74 Å². The number of ether oxygens (including phenoxy) is 1. The van der Waals surface area contributed by atoms with E-state index < -0.39 is 0 Å². The summed E-state index contributed by atoms with van der Waals surface area (Å²) in [5, 5.41) is 6.07. The van der Waals surface area contributed by atoms with Crippen LogP contribution >= 0.6 is 0 Å². The number of nitrogens with zero attached hydrogens (tertiary/aromatic N) is 1. The molecule has 1 saturated heterocycles. The van der Waals surface area contributed by atoms with Gasteiger partial charge in [-0.1, -0.05) is 30.3 Å². The molecule has 1 aromatic heterocycles. The first-order valence-corrected chi connectivity index (χ1v) is 8.37. The van der Waals surface area contributed by atoms with Crippen LogP contribution in [0.4, 0.5) is 4.79 Å². The molecule has 2 aromatic rings. The van der Waals surface area contributed by atoms with Gasteiger partial charge in [0, 0.05) is 19.0 Å². The summed E-state index contributed by atoms with van der Waals surface area (Å²) in [5.41, 5.74) is 2.03. The fraction of sp³-hybridized carbons (Fsp3) is 0.368. The molecule has 1 fully saturated rings. The number of aromatic nitrogens is 1. The van der Waals surface area contributed by atoms with Crippen LogP contribution in [0.1, 0.15) is 36.9 Å². The molecular formula is C19H23N3O2. The molecule has 0 spiro atoms. The quantitative estimate of drug-likeness (QED) is 0.888. The normalized spacial score (nSPS) is 19.5. The summed E-state index contributed by atoms with van der Waals surface area (Å²) in [7, 11) is 0. The van der Waals surface area contributed by atoms with Crippen LogP contribution in [0.3, 0.4) is 0 Å². The van der Waals surface area contributed by atoms with Gasteiger partial charge in [0.2, 0.25) is 0 Å². The maximum atomic E-state index is 12.5. The topological polar surface area (TPSA) is 63.2 Å². The number of pyridine rings is 1. The largest absolute Gasteiger partial charge is 0.376 e. The van der Waals surface area contributed by atoms with Crippen LogP contribution in [-0.4, -0.2) is 29.8 Å². The fourth-order valence-electron chi connectivity index (χ4n) is 3.03. The number of carbonyl (C=O) groups is 1. The van der Waals surface area contributed by atoms with Crippen LogP contribution in [0, 0.1) is 0 Å². The molecule has 0 bridgehead atoms. The zero-order valence-electron chi connectivity index (χ0n) is 13.8. The van der Waals surface area contributed by atoms with Crippen molar-refractivity contribution in [1.82, 2.24) is 15.6 Å². The number of carbonyl (C=O) groups excluding carboxylic acids is 1. The molecule has 0 aliphatic carbocycles. The predicted molar refractivity (Wildman–Crippen MR) is 92.6 cm³/mol. The van der Waals surface area contributed by atoms with Crippen LogP contribution in [0.5, 0.6) is 0 Å². The summed E-state index contributed by atoms with van der Waals surface area (Å²) in [6, 6.07) is 13.3. The highest BCUT2D eigenvalue weighted by Crippen LogP contribution is 2.21. The molecule has 1 aromatic carbocycles. The van der Waals surface area contributed by atoms with Gasteiger partial charge in [0.1, 0.15) is 0 Å². The van der Waals surface area contributed by atoms with Gasteiger partial charge in [-0.15, -0.1) is 0 Å². The number of hydrogen-bond acceptors (Lipinski definition) is 3. The van der Waals surface area contributed by atoms with Crippen LogP contribution in [0.15, 0.2) is 54.9 Å². The second-order valence-corrected chi connectivity index (χ2v) is 6.08. The summed E-state index contributed by atoms with van der Waals surface area (Å²) in [4.78, 5) is 16.5. The molecular weight excluding hydrogens is 302 g/mol. The Morgan fingerprint density at radius 2 is 1.83 bits per heavy atom. The van der Waals surface area contributed by atoms with E-state index in [-0.39, 0.29) is 24.2 Å². The predicted octanol–water partition coefficient (Wildman–Crippen LogP) is 3.04. The first-order chi connectivity index (χ1) is 11.7. The van der Waals surface area contributed by atoms with E-state index in [1.165, 1.54) is 0 Å². The molecule has 5 heteroatoms. The van der Waals surface area contributed by atoms with E-state index in [1.54, 1.807) is 12.4 Å². The van der Waals surface area contributed by atoms with Crippen molar-refractivity contribution < 1.29 is 9.53 Å². The van der Waals surface area contributed by atoms with Crippen molar-refractivity contribution in [3.8, 4) is 0 Å². The van der Waals surface area contributed by atoms with Crippen LogP contribution in [0.25, 0.3) is 0 Å². The lowest BCUT2D eigenvalue weighted by molar-refractivity contribution is 0.0859. The Bertz CT molecular complexity index is 603. The molecule has 0 saturated carbocycles. The molecule has 2 amide bonds. The van der Waals surface area contributed by atoms with E-state index in [1.807, 2.05) is 49.4 Å². The van der Waals surface area contributed by atoms with E-state index >= 15 is 0 Å². The highest BCUT2D eigenvalue weighted by atomic mass is 16.5. The highest BCUT2D eigenvalue weighted by Gasteiger charge is 2.25. The smallest absolute Gasteiger partial charge is 0.315 e. The summed E-state index contributed by atoms with van der Waals surface area (Å²) < 4.78 is 5.64. The van der Waals surface area contributed by atoms with Crippen molar-refractivity contribution in [1.29, 1.82) is 0 Å². The Morgan fingerprint density at radius 1 is 1.12 bits per heavy atom. The number of amides is 2. The summed E-state index contributed by atoms with van der Waals surface area (Å²) in [6.45, 7) is 2.77. The third-order valence-corrected chi connectivity index (χ3v) is 4.33. The van der Waals surface area contributed by atoms with Crippen LogP contribution in [0.2, 0.25) is 0 Å². The van der Waals surface area contributed by atoms with Crippen molar-refractivity contribution >= 4 is 6.03 Å². The number of urea groups is 1. The van der Waals surface area contributed by atoms with Crippen molar-refractivity contribution in [3.05, 3.63) is 66.0 Å². The minimum atomic E-state index is -0.217. The summed E-state index contributed by atoms with van der Waals surface area (Å²) in [5.74, 6) is 0.